The van der Waals surface area contributed by atoms with Crippen LogP contribution in [0.4, 0.5) is 0 Å². The highest BCUT2D eigenvalue weighted by atomic mass is 16.1. The van der Waals surface area contributed by atoms with Crippen molar-refractivity contribution in [3.8, 4) is 11.4 Å². The number of pyridine rings is 1. The Labute approximate surface area is 149 Å². The van der Waals surface area contributed by atoms with Crippen molar-refractivity contribution in [3.63, 3.8) is 0 Å². The standard InChI is InChI=1S/C20H19N5O/c1-12-17-19(25(24-12)13-6-2-3-7-13)22-18(23-20(17)26)15-10-11-21-16-9-5-4-8-14(15)16/h4-5,8-11,13H,2-3,6-7H2,1H3,(H,22,23,26). The number of benzene rings is 1. The number of fused-ring (bicyclic) bond motifs is 2. The first kappa shape index (κ1) is 15.3. The number of para-hydroxylation sites is 1. The molecule has 0 atom stereocenters. The Kier molecular flexibility index (Phi) is 3.38. The van der Waals surface area contributed by atoms with Crippen LogP contribution in [0.2, 0.25) is 0 Å². The van der Waals surface area contributed by atoms with Crippen molar-refractivity contribution < 1.29 is 0 Å². The van der Waals surface area contributed by atoms with E-state index in [-0.39, 0.29) is 5.56 Å². The van der Waals surface area contributed by atoms with Gasteiger partial charge in [-0.05, 0) is 31.9 Å². The van der Waals surface area contributed by atoms with Gasteiger partial charge in [0.05, 0.1) is 17.3 Å². The molecule has 0 saturated heterocycles. The number of nitrogens with one attached hydrogen (secondary N) is 1. The van der Waals surface area contributed by atoms with E-state index in [1.807, 2.05) is 41.9 Å². The molecule has 6 heteroatoms. The first-order chi connectivity index (χ1) is 12.7. The average Bonchev–Trinajstić information content (AvgIpc) is 3.29. The molecule has 1 N–H and O–H groups in total. The van der Waals surface area contributed by atoms with Crippen molar-refractivity contribution in [1.82, 2.24) is 24.7 Å². The number of aromatic amines is 1. The summed E-state index contributed by atoms with van der Waals surface area (Å²) in [5.74, 6) is 0.570. The smallest absolute Gasteiger partial charge is 0.262 e. The first-order valence-corrected chi connectivity index (χ1v) is 9.05. The minimum atomic E-state index is -0.132. The molecule has 1 aromatic carbocycles. The van der Waals surface area contributed by atoms with E-state index in [4.69, 9.17) is 4.98 Å². The molecule has 1 aliphatic rings. The highest BCUT2D eigenvalue weighted by Crippen LogP contribution is 2.32. The van der Waals surface area contributed by atoms with Gasteiger partial charge in [-0.2, -0.15) is 5.10 Å². The zero-order valence-electron chi connectivity index (χ0n) is 14.6. The summed E-state index contributed by atoms with van der Waals surface area (Å²) in [6.07, 6.45) is 6.35. The lowest BCUT2D eigenvalue weighted by molar-refractivity contribution is 0.476. The molecule has 26 heavy (non-hydrogen) atoms. The molecule has 0 unspecified atom stereocenters. The number of hydrogen-bond acceptors (Lipinski definition) is 4. The fourth-order valence-electron chi connectivity index (χ4n) is 4.05. The van der Waals surface area contributed by atoms with E-state index in [0.29, 0.717) is 22.9 Å². The van der Waals surface area contributed by atoms with Gasteiger partial charge in [0, 0.05) is 17.1 Å². The number of aryl methyl sites for hydroxylation is 1. The highest BCUT2D eigenvalue weighted by molar-refractivity contribution is 5.93. The van der Waals surface area contributed by atoms with E-state index < -0.39 is 0 Å². The van der Waals surface area contributed by atoms with Crippen molar-refractivity contribution in [2.24, 2.45) is 0 Å². The molecular formula is C20H19N5O. The maximum Gasteiger partial charge on any atom is 0.262 e. The van der Waals surface area contributed by atoms with Crippen LogP contribution in [0.25, 0.3) is 33.3 Å². The van der Waals surface area contributed by atoms with Crippen molar-refractivity contribution in [3.05, 3.63) is 52.6 Å². The zero-order valence-corrected chi connectivity index (χ0v) is 14.6. The summed E-state index contributed by atoms with van der Waals surface area (Å²) in [6.45, 7) is 1.88. The van der Waals surface area contributed by atoms with Crippen molar-refractivity contribution in [1.29, 1.82) is 0 Å². The largest absolute Gasteiger partial charge is 0.306 e. The summed E-state index contributed by atoms with van der Waals surface area (Å²) in [6, 6.07) is 10.1. The Balaban J connectivity index is 1.79. The summed E-state index contributed by atoms with van der Waals surface area (Å²) >= 11 is 0. The fourth-order valence-corrected chi connectivity index (χ4v) is 4.05. The number of H-pyrrole nitrogens is 1. The third kappa shape index (κ3) is 2.25. The second-order valence-electron chi connectivity index (χ2n) is 6.96. The Bertz CT molecular complexity index is 1180. The molecule has 6 nitrogen and oxygen atoms in total. The summed E-state index contributed by atoms with van der Waals surface area (Å²) in [5, 5.41) is 6.22. The number of hydrogen-bond donors (Lipinski definition) is 1. The Morgan fingerprint density at radius 3 is 2.81 bits per heavy atom. The van der Waals surface area contributed by atoms with Gasteiger partial charge in [0.25, 0.3) is 5.56 Å². The van der Waals surface area contributed by atoms with Crippen LogP contribution in [0.3, 0.4) is 0 Å². The van der Waals surface area contributed by atoms with Gasteiger partial charge in [0.15, 0.2) is 5.65 Å². The molecule has 4 aromatic rings. The van der Waals surface area contributed by atoms with Crippen LogP contribution in [0.5, 0.6) is 0 Å². The van der Waals surface area contributed by atoms with Crippen molar-refractivity contribution in [2.75, 3.05) is 0 Å². The first-order valence-electron chi connectivity index (χ1n) is 9.05. The van der Waals surface area contributed by atoms with Gasteiger partial charge in [-0.25, -0.2) is 9.67 Å². The second kappa shape index (κ2) is 5.76. The van der Waals surface area contributed by atoms with E-state index in [0.717, 1.165) is 35.0 Å². The number of aromatic nitrogens is 5. The Morgan fingerprint density at radius 1 is 1.15 bits per heavy atom. The van der Waals surface area contributed by atoms with Crippen LogP contribution >= 0.6 is 0 Å². The van der Waals surface area contributed by atoms with Crippen LogP contribution < -0.4 is 5.56 Å². The predicted octanol–water partition coefficient (Wildman–Crippen LogP) is 3.76. The van der Waals surface area contributed by atoms with Gasteiger partial charge >= 0.3 is 0 Å². The van der Waals surface area contributed by atoms with Gasteiger partial charge < -0.3 is 4.98 Å². The van der Waals surface area contributed by atoms with Crippen LogP contribution in [-0.4, -0.2) is 24.7 Å². The van der Waals surface area contributed by atoms with E-state index in [1.165, 1.54) is 12.8 Å². The molecule has 0 spiro atoms. The van der Waals surface area contributed by atoms with E-state index >= 15 is 0 Å². The predicted molar refractivity (Wildman–Crippen MR) is 101 cm³/mol. The number of rotatable bonds is 2. The van der Waals surface area contributed by atoms with E-state index in [9.17, 15) is 4.79 Å². The normalized spacial score (nSPS) is 15.3. The highest BCUT2D eigenvalue weighted by Gasteiger charge is 2.23. The van der Waals surface area contributed by atoms with Crippen molar-refractivity contribution >= 4 is 21.9 Å². The number of nitrogens with zero attached hydrogens (tertiary/aromatic N) is 4. The summed E-state index contributed by atoms with van der Waals surface area (Å²) in [5.41, 5.74) is 3.06. The molecule has 3 aromatic heterocycles. The van der Waals surface area contributed by atoms with Crippen LogP contribution in [-0.2, 0) is 0 Å². The second-order valence-corrected chi connectivity index (χ2v) is 6.96. The summed E-state index contributed by atoms with van der Waals surface area (Å²) in [4.78, 5) is 25.0. The molecule has 0 aliphatic heterocycles. The third-order valence-corrected chi connectivity index (χ3v) is 5.31. The molecule has 1 fully saturated rings. The van der Waals surface area contributed by atoms with Crippen LogP contribution in [0.1, 0.15) is 37.4 Å². The molecule has 1 saturated carbocycles. The fraction of sp³-hybridized carbons (Fsp3) is 0.300. The zero-order chi connectivity index (χ0) is 17.7. The topological polar surface area (TPSA) is 76.5 Å². The van der Waals surface area contributed by atoms with Gasteiger partial charge in [0.1, 0.15) is 11.2 Å². The van der Waals surface area contributed by atoms with Gasteiger partial charge in [-0.15, -0.1) is 0 Å². The summed E-state index contributed by atoms with van der Waals surface area (Å²) < 4.78 is 1.97. The Morgan fingerprint density at radius 2 is 1.96 bits per heavy atom. The molecule has 130 valence electrons. The summed E-state index contributed by atoms with van der Waals surface area (Å²) in [7, 11) is 0. The molecule has 5 rings (SSSR count). The molecule has 0 amide bonds. The van der Waals surface area contributed by atoms with Gasteiger partial charge in [-0.1, -0.05) is 31.0 Å². The Hall–Kier alpha value is -3.02. The lowest BCUT2D eigenvalue weighted by Crippen LogP contribution is -2.12. The molecule has 1 aliphatic carbocycles. The maximum atomic E-state index is 12.8. The third-order valence-electron chi connectivity index (χ3n) is 5.31. The minimum absolute atomic E-state index is 0.132. The lowest BCUT2D eigenvalue weighted by atomic mass is 10.1. The quantitative estimate of drug-likeness (QED) is 0.600. The van der Waals surface area contributed by atoms with E-state index in [2.05, 4.69) is 15.1 Å². The lowest BCUT2D eigenvalue weighted by Gasteiger charge is -2.11. The van der Waals surface area contributed by atoms with Crippen molar-refractivity contribution in [2.45, 2.75) is 38.6 Å². The molecule has 0 bridgehead atoms. The van der Waals surface area contributed by atoms with Crippen LogP contribution in [0.15, 0.2) is 41.3 Å². The maximum absolute atomic E-state index is 12.8. The average molecular weight is 345 g/mol. The van der Waals surface area contributed by atoms with Gasteiger partial charge in [0.2, 0.25) is 0 Å². The SMILES string of the molecule is Cc1nn(C2CCCC2)c2nc(-c3ccnc4ccccc34)[nH]c(=O)c12. The van der Waals surface area contributed by atoms with Crippen LogP contribution in [0, 0.1) is 6.92 Å². The van der Waals surface area contributed by atoms with E-state index in [1.54, 1.807) is 6.20 Å². The molecular weight excluding hydrogens is 326 g/mol. The molecule has 0 radical (unpaired) electrons. The molecule has 3 heterocycles. The van der Waals surface area contributed by atoms with Gasteiger partial charge in [-0.3, -0.25) is 9.78 Å². The minimum Gasteiger partial charge on any atom is -0.306 e. The monoisotopic (exact) mass is 345 g/mol.